The van der Waals surface area contributed by atoms with E-state index in [1.807, 2.05) is 10.8 Å². The first kappa shape index (κ1) is 16.5. The first-order valence-electron chi connectivity index (χ1n) is 8.35. The van der Waals surface area contributed by atoms with Crippen LogP contribution < -0.4 is 0 Å². The summed E-state index contributed by atoms with van der Waals surface area (Å²) in [6, 6.07) is 16.8. The van der Waals surface area contributed by atoms with Gasteiger partial charge >= 0.3 is 0 Å². The number of imidazole rings is 1. The van der Waals surface area contributed by atoms with E-state index in [0.29, 0.717) is 19.8 Å². The molecule has 0 spiro atoms. The van der Waals surface area contributed by atoms with Gasteiger partial charge < -0.3 is 14.0 Å². The monoisotopic (exact) mass is 398 g/mol. The molecule has 128 valence electrons. The summed E-state index contributed by atoms with van der Waals surface area (Å²) in [6.07, 6.45) is 6.41. The number of rotatable bonds is 4. The number of ether oxygens (including phenoxy) is 2. The molecule has 0 radical (unpaired) electrons. The number of hydrogen-bond donors (Lipinski definition) is 0. The Labute approximate surface area is 155 Å². The lowest BCUT2D eigenvalue weighted by atomic mass is 9.99. The lowest BCUT2D eigenvalue weighted by Gasteiger charge is -2.37. The number of hydrogen-bond acceptors (Lipinski definition) is 3. The molecule has 0 aliphatic carbocycles. The van der Waals surface area contributed by atoms with Crippen LogP contribution >= 0.6 is 15.9 Å². The maximum absolute atomic E-state index is 6.11. The fraction of sp³-hybridized carbons (Fsp3) is 0.250. The Bertz CT molecular complexity index is 808. The second-order valence-corrected chi connectivity index (χ2v) is 7.04. The summed E-state index contributed by atoms with van der Waals surface area (Å²) in [5.41, 5.74) is 3.38. The summed E-state index contributed by atoms with van der Waals surface area (Å²) in [5, 5.41) is 0. The number of benzene rings is 2. The molecule has 0 unspecified atom stereocenters. The molecule has 1 aromatic heterocycles. The second-order valence-electron chi connectivity index (χ2n) is 6.12. The van der Waals surface area contributed by atoms with E-state index in [1.54, 1.807) is 12.5 Å². The fourth-order valence-corrected chi connectivity index (χ4v) is 3.37. The Balaban J connectivity index is 1.64. The minimum Gasteiger partial charge on any atom is -0.344 e. The summed E-state index contributed by atoms with van der Waals surface area (Å²) < 4.78 is 15.3. The molecule has 2 heterocycles. The molecule has 0 amide bonds. The smallest absolute Gasteiger partial charge is 0.213 e. The molecule has 1 saturated heterocycles. The summed E-state index contributed by atoms with van der Waals surface area (Å²) in [5.74, 6) is -0.753. The number of halogens is 1. The van der Waals surface area contributed by atoms with Gasteiger partial charge in [-0.3, -0.25) is 0 Å². The molecular formula is C20H19BrN2O2. The van der Waals surface area contributed by atoms with Gasteiger partial charge in [0, 0.05) is 22.4 Å². The minimum atomic E-state index is -0.753. The van der Waals surface area contributed by atoms with Crippen molar-refractivity contribution in [2.75, 3.05) is 13.2 Å². The molecule has 1 aliphatic rings. The maximum atomic E-state index is 6.11. The standard InChI is InChI=1S/C20H19BrN2O2/c21-19-8-4-17(5-9-19)16-2-6-18(7-3-16)20(24-12-1-13-25-20)14-23-11-10-22-15-23/h2-11,15H,1,12-14H2. The number of aromatic nitrogens is 2. The van der Waals surface area contributed by atoms with E-state index in [9.17, 15) is 0 Å². The van der Waals surface area contributed by atoms with Gasteiger partial charge in [0.25, 0.3) is 0 Å². The van der Waals surface area contributed by atoms with Crippen LogP contribution in [-0.4, -0.2) is 22.8 Å². The van der Waals surface area contributed by atoms with Crippen molar-refractivity contribution in [3.05, 3.63) is 77.3 Å². The zero-order chi connectivity index (χ0) is 17.1. The van der Waals surface area contributed by atoms with Gasteiger partial charge in [0.05, 0.1) is 26.1 Å². The summed E-state index contributed by atoms with van der Waals surface area (Å²) >= 11 is 3.48. The first-order valence-corrected chi connectivity index (χ1v) is 9.15. The van der Waals surface area contributed by atoms with Crippen LogP contribution in [0.3, 0.4) is 0 Å². The van der Waals surface area contributed by atoms with Gasteiger partial charge in [-0.1, -0.05) is 52.3 Å². The largest absolute Gasteiger partial charge is 0.344 e. The van der Waals surface area contributed by atoms with E-state index in [4.69, 9.17) is 9.47 Å². The Hall–Kier alpha value is -1.95. The van der Waals surface area contributed by atoms with Gasteiger partial charge in [-0.25, -0.2) is 4.98 Å². The lowest BCUT2D eigenvalue weighted by molar-refractivity contribution is -0.283. The van der Waals surface area contributed by atoms with Gasteiger partial charge in [-0.15, -0.1) is 0 Å². The van der Waals surface area contributed by atoms with Crippen LogP contribution in [0.1, 0.15) is 12.0 Å². The average molecular weight is 399 g/mol. The fourth-order valence-electron chi connectivity index (χ4n) is 3.10. The van der Waals surface area contributed by atoms with Crippen molar-refractivity contribution in [3.8, 4) is 11.1 Å². The predicted molar refractivity (Wildman–Crippen MR) is 100 cm³/mol. The molecule has 1 fully saturated rings. The van der Waals surface area contributed by atoms with Crippen molar-refractivity contribution in [1.82, 2.24) is 9.55 Å². The van der Waals surface area contributed by atoms with E-state index in [-0.39, 0.29) is 0 Å². The molecule has 4 rings (SSSR count). The van der Waals surface area contributed by atoms with Crippen molar-refractivity contribution in [1.29, 1.82) is 0 Å². The third-order valence-electron chi connectivity index (χ3n) is 4.41. The van der Waals surface area contributed by atoms with Crippen molar-refractivity contribution >= 4 is 15.9 Å². The van der Waals surface area contributed by atoms with Crippen LogP contribution in [0.5, 0.6) is 0 Å². The van der Waals surface area contributed by atoms with Crippen LogP contribution in [-0.2, 0) is 21.8 Å². The molecule has 0 N–H and O–H groups in total. The van der Waals surface area contributed by atoms with Gasteiger partial charge in [-0.05, 0) is 29.7 Å². The number of nitrogens with zero attached hydrogens (tertiary/aromatic N) is 2. The molecule has 2 aromatic carbocycles. The maximum Gasteiger partial charge on any atom is 0.213 e. The van der Waals surface area contributed by atoms with Crippen LogP contribution in [0.15, 0.2) is 71.7 Å². The minimum absolute atomic E-state index is 0.588. The molecule has 0 atom stereocenters. The van der Waals surface area contributed by atoms with E-state index in [2.05, 4.69) is 69.4 Å². The summed E-state index contributed by atoms with van der Waals surface area (Å²) in [6.45, 7) is 1.98. The quantitative estimate of drug-likeness (QED) is 0.643. The molecule has 25 heavy (non-hydrogen) atoms. The average Bonchev–Trinajstić information content (AvgIpc) is 3.16. The van der Waals surface area contributed by atoms with E-state index in [1.165, 1.54) is 11.1 Å². The normalized spacial score (nSPS) is 16.7. The first-order chi connectivity index (χ1) is 12.3. The van der Waals surface area contributed by atoms with E-state index >= 15 is 0 Å². The Kier molecular flexibility index (Phi) is 4.70. The second kappa shape index (κ2) is 7.12. The topological polar surface area (TPSA) is 36.3 Å². The van der Waals surface area contributed by atoms with Gasteiger partial charge in [-0.2, -0.15) is 0 Å². The van der Waals surface area contributed by atoms with Crippen molar-refractivity contribution in [2.24, 2.45) is 0 Å². The van der Waals surface area contributed by atoms with Crippen molar-refractivity contribution < 1.29 is 9.47 Å². The lowest BCUT2D eigenvalue weighted by Crippen LogP contribution is -2.41. The zero-order valence-electron chi connectivity index (χ0n) is 13.8. The van der Waals surface area contributed by atoms with Crippen molar-refractivity contribution in [2.45, 2.75) is 18.8 Å². The Morgan fingerprint density at radius 1 is 0.960 bits per heavy atom. The molecule has 0 saturated carbocycles. The third-order valence-corrected chi connectivity index (χ3v) is 4.94. The summed E-state index contributed by atoms with van der Waals surface area (Å²) in [4.78, 5) is 4.12. The third kappa shape index (κ3) is 3.54. The molecule has 4 nitrogen and oxygen atoms in total. The van der Waals surface area contributed by atoms with E-state index in [0.717, 1.165) is 16.5 Å². The van der Waals surface area contributed by atoms with Crippen LogP contribution in [0.4, 0.5) is 0 Å². The molecule has 3 aromatic rings. The Morgan fingerprint density at radius 3 is 2.20 bits per heavy atom. The highest BCUT2D eigenvalue weighted by Crippen LogP contribution is 2.34. The SMILES string of the molecule is Brc1ccc(-c2ccc(C3(Cn4ccnc4)OCCCO3)cc2)cc1. The molecule has 0 bridgehead atoms. The van der Waals surface area contributed by atoms with Gasteiger partial charge in [0.1, 0.15) is 0 Å². The summed E-state index contributed by atoms with van der Waals surface area (Å²) in [7, 11) is 0. The van der Waals surface area contributed by atoms with Crippen molar-refractivity contribution in [3.63, 3.8) is 0 Å². The molecule has 5 heteroatoms. The highest BCUT2D eigenvalue weighted by molar-refractivity contribution is 9.10. The molecular weight excluding hydrogens is 380 g/mol. The van der Waals surface area contributed by atoms with Crippen LogP contribution in [0, 0.1) is 0 Å². The Morgan fingerprint density at radius 2 is 1.60 bits per heavy atom. The predicted octanol–water partition coefficient (Wildman–Crippen LogP) is 4.60. The van der Waals surface area contributed by atoms with Crippen LogP contribution in [0.25, 0.3) is 11.1 Å². The highest BCUT2D eigenvalue weighted by Gasteiger charge is 2.37. The van der Waals surface area contributed by atoms with Gasteiger partial charge in [0.15, 0.2) is 0 Å². The molecule has 1 aliphatic heterocycles. The van der Waals surface area contributed by atoms with E-state index < -0.39 is 5.79 Å². The van der Waals surface area contributed by atoms with Crippen LogP contribution in [0.2, 0.25) is 0 Å². The highest BCUT2D eigenvalue weighted by atomic mass is 79.9. The zero-order valence-corrected chi connectivity index (χ0v) is 15.4. The van der Waals surface area contributed by atoms with Gasteiger partial charge in [0.2, 0.25) is 5.79 Å².